The third kappa shape index (κ3) is 9.23. The fraction of sp³-hybridized carbons (Fsp3) is 0.385. The first-order valence-electron chi connectivity index (χ1n) is 22.9. The van der Waals surface area contributed by atoms with Crippen molar-refractivity contribution in [3.8, 4) is 68.5 Å². The Bertz CT molecular complexity index is 2800. The van der Waals surface area contributed by atoms with Crippen LogP contribution in [-0.4, -0.2) is 66.3 Å². The molecule has 0 atom stereocenters. The predicted octanol–water partition coefficient (Wildman–Crippen LogP) is 12.6. The van der Waals surface area contributed by atoms with Gasteiger partial charge in [0.25, 0.3) is 0 Å². The van der Waals surface area contributed by atoms with Crippen molar-refractivity contribution < 1.29 is 18.9 Å². The minimum absolute atomic E-state index is 0.504. The summed E-state index contributed by atoms with van der Waals surface area (Å²) in [6, 6.07) is 24.1. The molecule has 3 aromatic heterocycles. The Morgan fingerprint density at radius 3 is 0.984 bits per heavy atom. The molecular formula is C52H58N8O4. The summed E-state index contributed by atoms with van der Waals surface area (Å²) in [5.74, 6) is 7.12. The summed E-state index contributed by atoms with van der Waals surface area (Å²) in [6.07, 6.45) is 3.77. The van der Waals surface area contributed by atoms with Gasteiger partial charge in [0.2, 0.25) is 0 Å². The van der Waals surface area contributed by atoms with Gasteiger partial charge in [0.15, 0.2) is 23.3 Å². The number of rotatable bonds is 16. The maximum absolute atomic E-state index is 6.27. The van der Waals surface area contributed by atoms with E-state index in [1.54, 1.807) is 0 Å². The van der Waals surface area contributed by atoms with Crippen molar-refractivity contribution in [2.75, 3.05) is 26.4 Å². The second-order valence-electron chi connectivity index (χ2n) is 18.6. The van der Waals surface area contributed by atoms with E-state index >= 15 is 0 Å². The summed E-state index contributed by atoms with van der Waals surface area (Å²) >= 11 is 0. The second-order valence-corrected chi connectivity index (χ2v) is 18.6. The normalized spacial score (nSPS) is 12.2. The summed E-state index contributed by atoms with van der Waals surface area (Å²) < 4.78 is 25.1. The monoisotopic (exact) mass is 858 g/mol. The zero-order valence-corrected chi connectivity index (χ0v) is 38.2. The molecule has 5 heterocycles. The molecular weight excluding hydrogens is 801 g/mol. The number of hydrogen-bond donors (Lipinski definition) is 2. The van der Waals surface area contributed by atoms with Crippen LogP contribution in [0.5, 0.6) is 23.0 Å². The molecule has 12 nitrogen and oxygen atoms in total. The largest absolute Gasteiger partial charge is 0.494 e. The van der Waals surface area contributed by atoms with Crippen molar-refractivity contribution in [1.82, 2.24) is 39.9 Å². The summed E-state index contributed by atoms with van der Waals surface area (Å²) in [6.45, 7) is 20.0. The van der Waals surface area contributed by atoms with E-state index in [9.17, 15) is 0 Å². The van der Waals surface area contributed by atoms with Crippen LogP contribution in [-0.2, 0) is 0 Å². The van der Waals surface area contributed by atoms with Gasteiger partial charge in [-0.15, -0.1) is 0 Å². The molecule has 8 bridgehead atoms. The molecule has 330 valence electrons. The number of fused-ring (bicyclic) bond motifs is 20. The molecule has 0 radical (unpaired) electrons. The van der Waals surface area contributed by atoms with Crippen LogP contribution in [0, 0.1) is 23.7 Å². The van der Waals surface area contributed by atoms with E-state index < -0.39 is 0 Å². The Balaban J connectivity index is 1.31. The predicted molar refractivity (Wildman–Crippen MR) is 256 cm³/mol. The van der Waals surface area contributed by atoms with Gasteiger partial charge in [-0.25, -0.2) is 29.9 Å². The van der Waals surface area contributed by atoms with Crippen molar-refractivity contribution >= 4 is 44.1 Å². The number of ether oxygens (including phenoxy) is 4. The van der Waals surface area contributed by atoms with Crippen LogP contribution in [0.2, 0.25) is 0 Å². The average Bonchev–Trinajstić information content (AvgIpc) is 3.98. The smallest absolute Gasteiger partial charge is 0.164 e. The van der Waals surface area contributed by atoms with E-state index in [-0.39, 0.29) is 0 Å². The van der Waals surface area contributed by atoms with E-state index in [1.165, 1.54) is 0 Å². The van der Waals surface area contributed by atoms with E-state index in [4.69, 9.17) is 48.9 Å². The maximum Gasteiger partial charge on any atom is 0.164 e. The van der Waals surface area contributed by atoms with Crippen LogP contribution in [0.1, 0.15) is 81.1 Å². The summed E-state index contributed by atoms with van der Waals surface area (Å²) in [4.78, 5) is 38.5. The lowest BCUT2D eigenvalue weighted by atomic mass is 10.1. The number of nitrogens with one attached hydrogen (secondary N) is 2. The molecule has 0 saturated heterocycles. The van der Waals surface area contributed by atoms with E-state index in [2.05, 4.69) is 65.4 Å². The highest BCUT2D eigenvalue weighted by Gasteiger charge is 2.24. The Labute approximate surface area is 374 Å². The first-order chi connectivity index (χ1) is 30.9. The van der Waals surface area contributed by atoms with Gasteiger partial charge < -0.3 is 28.9 Å². The first kappa shape index (κ1) is 42.7. The quantitative estimate of drug-likeness (QED) is 0.0962. The maximum atomic E-state index is 6.27. The van der Waals surface area contributed by atoms with Crippen molar-refractivity contribution in [3.63, 3.8) is 0 Å². The van der Waals surface area contributed by atoms with Crippen LogP contribution in [0.4, 0.5) is 0 Å². The second kappa shape index (κ2) is 18.3. The van der Waals surface area contributed by atoms with Gasteiger partial charge in [0.05, 0.1) is 26.4 Å². The fourth-order valence-electron chi connectivity index (χ4n) is 7.72. The number of hydrogen-bond acceptors (Lipinski definition) is 10. The van der Waals surface area contributed by atoms with Gasteiger partial charge in [0, 0.05) is 43.8 Å². The van der Waals surface area contributed by atoms with E-state index in [0.717, 1.165) is 92.5 Å². The zero-order valence-electron chi connectivity index (χ0n) is 38.2. The SMILES string of the molecule is CC(C)CCOc1ccc2c(c1)-c1nc-2nc2[nH]c(nc3nc(nc4[nH]c(n1)c1ccc(OCCC(C)C)cc41)-c1ccc(OCCC(C)C)cc1-3)c1ccc(OCCC(C)C)cc21. The van der Waals surface area contributed by atoms with Gasteiger partial charge >= 0.3 is 0 Å². The minimum atomic E-state index is 0.504. The summed E-state index contributed by atoms with van der Waals surface area (Å²) in [5.41, 5.74) is 5.70. The lowest BCUT2D eigenvalue weighted by Crippen LogP contribution is -2.01. The van der Waals surface area contributed by atoms with Crippen LogP contribution in [0.3, 0.4) is 0 Å². The van der Waals surface area contributed by atoms with Crippen LogP contribution in [0.25, 0.3) is 89.7 Å². The van der Waals surface area contributed by atoms with E-state index in [1.807, 2.05) is 72.8 Å². The highest BCUT2D eigenvalue weighted by molar-refractivity contribution is 6.07. The van der Waals surface area contributed by atoms with Gasteiger partial charge in [-0.2, -0.15) is 0 Å². The van der Waals surface area contributed by atoms with Crippen LogP contribution < -0.4 is 18.9 Å². The van der Waals surface area contributed by atoms with Crippen molar-refractivity contribution in [2.24, 2.45) is 23.7 Å². The Hall–Kier alpha value is -6.56. The number of aromatic nitrogens is 8. The number of nitrogens with zero attached hydrogens (tertiary/aromatic N) is 6. The summed E-state index contributed by atoms with van der Waals surface area (Å²) in [5, 5.41) is 3.42. The van der Waals surface area contributed by atoms with Crippen LogP contribution >= 0.6 is 0 Å². The van der Waals surface area contributed by atoms with Gasteiger partial charge in [-0.3, -0.25) is 0 Å². The highest BCUT2D eigenvalue weighted by Crippen LogP contribution is 2.40. The van der Waals surface area contributed by atoms with E-state index in [0.29, 0.717) is 96.0 Å². The Morgan fingerprint density at radius 1 is 0.344 bits per heavy atom. The van der Waals surface area contributed by atoms with Gasteiger partial charge in [-0.1, -0.05) is 55.4 Å². The molecule has 12 heteroatoms. The van der Waals surface area contributed by atoms with Crippen molar-refractivity contribution in [1.29, 1.82) is 0 Å². The Kier molecular flexibility index (Phi) is 12.2. The molecule has 0 aliphatic carbocycles. The Morgan fingerprint density at radius 2 is 0.641 bits per heavy atom. The standard InChI is InChI=1S/C52H58N8O4/c1-29(2)17-21-61-33-9-13-37-41(25-33)49-53-45(37)58-50-43-27-35(63-23-19-31(5)6)11-15-39(43)47(55-50)60-52-44-28-36(64-24-20-32(7)8)12-16-40(44)48(56-52)59-51-42-26-34(62-22-18-30(3)4)10-14-38(42)46(54-51)57-49/h9-16,25-32H,17-24H2,1-8H3,(H2,53,54,55,56,57,58,59,60). The third-order valence-corrected chi connectivity index (χ3v) is 11.6. The number of aromatic amines is 2. The van der Waals surface area contributed by atoms with Crippen molar-refractivity contribution in [3.05, 3.63) is 72.8 Å². The highest BCUT2D eigenvalue weighted by atomic mass is 16.5. The molecule has 0 saturated carbocycles. The lowest BCUT2D eigenvalue weighted by molar-refractivity contribution is 0.289. The topological polar surface area (TPSA) is 146 Å². The van der Waals surface area contributed by atoms with Gasteiger partial charge in [0.1, 0.15) is 45.6 Å². The minimum Gasteiger partial charge on any atom is -0.494 e. The molecule has 4 aromatic carbocycles. The molecule has 64 heavy (non-hydrogen) atoms. The molecule has 0 fully saturated rings. The fourth-order valence-corrected chi connectivity index (χ4v) is 7.72. The van der Waals surface area contributed by atoms with Crippen molar-refractivity contribution in [2.45, 2.75) is 81.1 Å². The van der Waals surface area contributed by atoms with Gasteiger partial charge in [-0.05, 0) is 122 Å². The third-order valence-electron chi connectivity index (χ3n) is 11.6. The summed E-state index contributed by atoms with van der Waals surface area (Å²) in [7, 11) is 0. The zero-order chi connectivity index (χ0) is 44.5. The molecule has 0 spiro atoms. The molecule has 0 amide bonds. The average molecular weight is 859 g/mol. The number of benzene rings is 4. The lowest BCUT2D eigenvalue weighted by Gasteiger charge is -2.09. The van der Waals surface area contributed by atoms with Crippen LogP contribution in [0.15, 0.2) is 72.8 Å². The first-order valence-corrected chi connectivity index (χ1v) is 22.9. The molecule has 2 N–H and O–H groups in total. The molecule has 9 rings (SSSR count). The molecule has 7 aromatic rings. The molecule has 0 unspecified atom stereocenters. The molecule has 2 aliphatic rings. The molecule has 2 aliphatic heterocycles. The number of H-pyrrole nitrogens is 2.